The number of carbonyl (C=O) groups excluding carboxylic acids is 1. The van der Waals surface area contributed by atoms with E-state index in [9.17, 15) is 4.79 Å². The van der Waals surface area contributed by atoms with Crippen molar-refractivity contribution in [3.8, 4) is 0 Å². The van der Waals surface area contributed by atoms with Gasteiger partial charge in [-0.3, -0.25) is 4.79 Å². The van der Waals surface area contributed by atoms with Gasteiger partial charge in [-0.25, -0.2) is 4.98 Å². The molecule has 1 aromatic carbocycles. The summed E-state index contributed by atoms with van der Waals surface area (Å²) in [5, 5.41) is 3.86. The highest BCUT2D eigenvalue weighted by molar-refractivity contribution is 7.09. The lowest BCUT2D eigenvalue weighted by Gasteiger charge is -2.22. The molecule has 1 N–H and O–H groups in total. The molecule has 2 aromatic rings. The zero-order valence-electron chi connectivity index (χ0n) is 15.4. The van der Waals surface area contributed by atoms with Gasteiger partial charge < -0.3 is 15.0 Å². The largest absolute Gasteiger partial charge is 0.385 e. The number of benzene rings is 1. The lowest BCUT2D eigenvalue weighted by Crippen LogP contribution is -2.43. The first-order valence-electron chi connectivity index (χ1n) is 9.09. The molecule has 1 saturated heterocycles. The Kier molecular flexibility index (Phi) is 6.57. The van der Waals surface area contributed by atoms with Crippen LogP contribution in [0, 0.1) is 6.92 Å². The van der Waals surface area contributed by atoms with E-state index in [2.05, 4.69) is 50.8 Å². The van der Waals surface area contributed by atoms with Crippen molar-refractivity contribution in [2.45, 2.75) is 38.6 Å². The van der Waals surface area contributed by atoms with E-state index in [0.29, 0.717) is 13.2 Å². The van der Waals surface area contributed by atoms with E-state index in [-0.39, 0.29) is 11.9 Å². The highest BCUT2D eigenvalue weighted by Crippen LogP contribution is 2.27. The van der Waals surface area contributed by atoms with Crippen molar-refractivity contribution in [1.29, 1.82) is 0 Å². The van der Waals surface area contributed by atoms with Gasteiger partial charge in [0, 0.05) is 44.8 Å². The average Bonchev–Trinajstić information content (AvgIpc) is 3.29. The second kappa shape index (κ2) is 9.09. The maximum absolute atomic E-state index is 12.5. The summed E-state index contributed by atoms with van der Waals surface area (Å²) < 4.78 is 9.52. The van der Waals surface area contributed by atoms with Crippen LogP contribution in [-0.4, -0.2) is 48.1 Å². The Morgan fingerprint density at radius 1 is 1.38 bits per heavy atom. The van der Waals surface area contributed by atoms with Gasteiger partial charge in [-0.05, 0) is 31.7 Å². The van der Waals surface area contributed by atoms with Gasteiger partial charge in [-0.1, -0.05) is 29.8 Å². The summed E-state index contributed by atoms with van der Waals surface area (Å²) in [5.74, 6) is 0.897. The molecule has 0 saturated carbocycles. The summed E-state index contributed by atoms with van der Waals surface area (Å²) in [5.41, 5.74) is 2.45. The number of methoxy groups -OCH3 is 1. The first-order valence-corrected chi connectivity index (χ1v) is 9.86. The minimum absolute atomic E-state index is 0.0777. The van der Waals surface area contributed by atoms with Gasteiger partial charge in [-0.2, -0.15) is 4.37 Å². The summed E-state index contributed by atoms with van der Waals surface area (Å²) in [4.78, 5) is 19.3. The standard InChI is InChI=1S/C19H26N4O2S/c1-14-6-8-15(9-7-14)13-17-21-19(26-22-17)23-11-3-5-16(23)18(24)20-10-4-12-25-2/h6-9,16H,3-5,10-13H2,1-2H3,(H,20,24). The van der Waals surface area contributed by atoms with Crippen molar-refractivity contribution in [3.63, 3.8) is 0 Å². The Balaban J connectivity index is 1.60. The normalized spacial score (nSPS) is 16.8. The summed E-state index contributed by atoms with van der Waals surface area (Å²) in [6.07, 6.45) is 3.42. The van der Waals surface area contributed by atoms with E-state index in [1.165, 1.54) is 22.7 Å². The molecule has 2 heterocycles. The van der Waals surface area contributed by atoms with Crippen LogP contribution in [0.5, 0.6) is 0 Å². The zero-order valence-corrected chi connectivity index (χ0v) is 16.2. The molecule has 1 amide bonds. The van der Waals surface area contributed by atoms with Gasteiger partial charge in [0.15, 0.2) is 0 Å². The molecule has 1 aliphatic rings. The fraction of sp³-hybridized carbons (Fsp3) is 0.526. The smallest absolute Gasteiger partial charge is 0.242 e. The van der Waals surface area contributed by atoms with Gasteiger partial charge >= 0.3 is 0 Å². The average molecular weight is 375 g/mol. The van der Waals surface area contributed by atoms with Crippen molar-refractivity contribution in [1.82, 2.24) is 14.7 Å². The number of nitrogens with zero attached hydrogens (tertiary/aromatic N) is 3. The van der Waals surface area contributed by atoms with Crippen LogP contribution in [0.3, 0.4) is 0 Å². The second-order valence-electron chi connectivity index (χ2n) is 6.64. The molecular formula is C19H26N4O2S. The quantitative estimate of drug-likeness (QED) is 0.719. The van der Waals surface area contributed by atoms with Crippen molar-refractivity contribution >= 4 is 22.6 Å². The first kappa shape index (κ1) is 18.8. The summed E-state index contributed by atoms with van der Waals surface area (Å²) in [6.45, 7) is 4.24. The van der Waals surface area contributed by atoms with Crippen LogP contribution in [0.4, 0.5) is 5.13 Å². The van der Waals surface area contributed by atoms with Crippen LogP contribution in [0.15, 0.2) is 24.3 Å². The number of ether oxygens (including phenoxy) is 1. The predicted octanol–water partition coefficient (Wildman–Crippen LogP) is 2.56. The lowest BCUT2D eigenvalue weighted by atomic mass is 10.1. The molecule has 1 fully saturated rings. The fourth-order valence-corrected chi connectivity index (χ4v) is 3.90. The molecule has 3 rings (SSSR count). The van der Waals surface area contributed by atoms with E-state index in [1.54, 1.807) is 7.11 Å². The highest BCUT2D eigenvalue weighted by atomic mass is 32.1. The monoisotopic (exact) mass is 374 g/mol. The minimum atomic E-state index is -0.141. The van der Waals surface area contributed by atoms with Crippen LogP contribution in [0.25, 0.3) is 0 Å². The topological polar surface area (TPSA) is 67.3 Å². The maximum atomic E-state index is 12.5. The molecule has 1 atom stereocenters. The number of anilines is 1. The Bertz CT molecular complexity index is 717. The van der Waals surface area contributed by atoms with Crippen LogP contribution in [0.1, 0.15) is 36.2 Å². The third-order valence-corrected chi connectivity index (χ3v) is 5.36. The van der Waals surface area contributed by atoms with E-state index in [0.717, 1.165) is 43.2 Å². The number of hydrogen-bond donors (Lipinski definition) is 1. The minimum Gasteiger partial charge on any atom is -0.385 e. The predicted molar refractivity (Wildman–Crippen MR) is 104 cm³/mol. The summed E-state index contributed by atoms with van der Waals surface area (Å²) >= 11 is 1.39. The van der Waals surface area contributed by atoms with E-state index in [1.807, 2.05) is 0 Å². The molecule has 1 unspecified atom stereocenters. The maximum Gasteiger partial charge on any atom is 0.242 e. The molecule has 0 aliphatic carbocycles. The lowest BCUT2D eigenvalue weighted by molar-refractivity contribution is -0.122. The summed E-state index contributed by atoms with van der Waals surface area (Å²) in [7, 11) is 1.67. The van der Waals surface area contributed by atoms with Crippen LogP contribution in [0.2, 0.25) is 0 Å². The van der Waals surface area contributed by atoms with Crippen LogP contribution < -0.4 is 10.2 Å². The van der Waals surface area contributed by atoms with Crippen molar-refractivity contribution in [2.75, 3.05) is 31.7 Å². The molecule has 1 aliphatic heterocycles. The Morgan fingerprint density at radius 3 is 2.96 bits per heavy atom. The van der Waals surface area contributed by atoms with Crippen molar-refractivity contribution in [2.24, 2.45) is 0 Å². The number of aryl methyl sites for hydroxylation is 1. The number of hydrogen-bond acceptors (Lipinski definition) is 6. The SMILES string of the molecule is COCCCNC(=O)C1CCCN1c1nc(Cc2ccc(C)cc2)ns1. The number of carbonyl (C=O) groups is 1. The fourth-order valence-electron chi connectivity index (χ4n) is 3.14. The van der Waals surface area contributed by atoms with Crippen molar-refractivity contribution < 1.29 is 9.53 Å². The van der Waals surface area contributed by atoms with E-state index >= 15 is 0 Å². The summed E-state index contributed by atoms with van der Waals surface area (Å²) in [6, 6.07) is 8.29. The molecule has 7 heteroatoms. The molecule has 0 bridgehead atoms. The first-order chi connectivity index (χ1) is 12.7. The van der Waals surface area contributed by atoms with Gasteiger partial charge in [0.2, 0.25) is 11.0 Å². The molecule has 26 heavy (non-hydrogen) atoms. The Morgan fingerprint density at radius 2 is 2.19 bits per heavy atom. The van der Waals surface area contributed by atoms with Crippen LogP contribution in [-0.2, 0) is 16.0 Å². The van der Waals surface area contributed by atoms with Crippen molar-refractivity contribution in [3.05, 3.63) is 41.2 Å². The van der Waals surface area contributed by atoms with E-state index in [4.69, 9.17) is 4.74 Å². The number of nitrogens with one attached hydrogen (secondary N) is 1. The second-order valence-corrected chi connectivity index (χ2v) is 7.37. The number of rotatable bonds is 8. The third-order valence-electron chi connectivity index (χ3n) is 4.57. The third kappa shape index (κ3) is 4.80. The molecular weight excluding hydrogens is 348 g/mol. The van der Waals surface area contributed by atoms with Gasteiger partial charge in [0.05, 0.1) is 0 Å². The Labute approximate surface area is 158 Å². The number of aromatic nitrogens is 2. The molecule has 140 valence electrons. The molecule has 1 aromatic heterocycles. The Hall–Kier alpha value is -1.99. The van der Waals surface area contributed by atoms with E-state index < -0.39 is 0 Å². The van der Waals surface area contributed by atoms with Gasteiger partial charge in [-0.15, -0.1) is 0 Å². The zero-order chi connectivity index (χ0) is 18.4. The molecule has 6 nitrogen and oxygen atoms in total. The molecule has 0 radical (unpaired) electrons. The van der Waals surface area contributed by atoms with Gasteiger partial charge in [0.1, 0.15) is 11.9 Å². The van der Waals surface area contributed by atoms with Crippen LogP contribution >= 0.6 is 11.5 Å². The molecule has 0 spiro atoms. The highest BCUT2D eigenvalue weighted by Gasteiger charge is 2.32. The van der Waals surface area contributed by atoms with Gasteiger partial charge in [0.25, 0.3) is 0 Å². The number of amides is 1.